The van der Waals surface area contributed by atoms with Crippen molar-refractivity contribution in [3.63, 3.8) is 0 Å². The van der Waals surface area contributed by atoms with Gasteiger partial charge in [0.25, 0.3) is 0 Å². The van der Waals surface area contributed by atoms with Crippen LogP contribution in [0.3, 0.4) is 0 Å². The van der Waals surface area contributed by atoms with E-state index in [4.69, 9.17) is 15.2 Å². The van der Waals surface area contributed by atoms with Gasteiger partial charge in [-0.1, -0.05) is 19.4 Å². The zero-order valence-electron chi connectivity index (χ0n) is 13.5. The summed E-state index contributed by atoms with van der Waals surface area (Å²) >= 11 is 0. The van der Waals surface area contributed by atoms with Crippen molar-refractivity contribution in [3.05, 3.63) is 23.8 Å². The minimum atomic E-state index is -0.0220. The van der Waals surface area contributed by atoms with E-state index in [9.17, 15) is 0 Å². The SMILES string of the molecule is CCCC1CCN(CC(N)c2ccc(OC)cc2OC)C1. The van der Waals surface area contributed by atoms with Crippen LogP contribution in [0.15, 0.2) is 18.2 Å². The Morgan fingerprint density at radius 3 is 2.81 bits per heavy atom. The summed E-state index contributed by atoms with van der Waals surface area (Å²) in [6.45, 7) is 5.50. The standard InChI is InChI=1S/C17H28N2O2/c1-4-5-13-8-9-19(11-13)12-16(18)15-7-6-14(20-2)10-17(15)21-3/h6-7,10,13,16H,4-5,8-9,11-12,18H2,1-3H3. The highest BCUT2D eigenvalue weighted by atomic mass is 16.5. The lowest BCUT2D eigenvalue weighted by atomic mass is 10.0. The van der Waals surface area contributed by atoms with Gasteiger partial charge in [0, 0.05) is 30.8 Å². The number of likely N-dealkylation sites (tertiary alicyclic amines) is 1. The fourth-order valence-corrected chi connectivity index (χ4v) is 3.22. The van der Waals surface area contributed by atoms with Gasteiger partial charge in [-0.2, -0.15) is 0 Å². The predicted molar refractivity (Wildman–Crippen MR) is 85.9 cm³/mol. The van der Waals surface area contributed by atoms with Crippen LogP contribution in [0.4, 0.5) is 0 Å². The van der Waals surface area contributed by atoms with Crippen LogP contribution >= 0.6 is 0 Å². The molecule has 1 heterocycles. The highest BCUT2D eigenvalue weighted by Crippen LogP contribution is 2.30. The highest BCUT2D eigenvalue weighted by molar-refractivity contribution is 5.42. The summed E-state index contributed by atoms with van der Waals surface area (Å²) in [6, 6.07) is 5.84. The molecule has 1 aliphatic heterocycles. The smallest absolute Gasteiger partial charge is 0.127 e. The summed E-state index contributed by atoms with van der Waals surface area (Å²) in [4.78, 5) is 2.48. The molecule has 1 aromatic carbocycles. The molecule has 118 valence electrons. The molecule has 2 atom stereocenters. The Kier molecular flexibility index (Phi) is 5.88. The molecule has 1 aliphatic rings. The lowest BCUT2D eigenvalue weighted by Crippen LogP contribution is -2.30. The third kappa shape index (κ3) is 4.11. The predicted octanol–water partition coefficient (Wildman–Crippen LogP) is 2.83. The molecule has 2 N–H and O–H groups in total. The monoisotopic (exact) mass is 292 g/mol. The molecule has 2 rings (SSSR count). The number of ether oxygens (including phenoxy) is 2. The molecule has 2 unspecified atom stereocenters. The van der Waals surface area contributed by atoms with Crippen LogP contribution in [0.5, 0.6) is 11.5 Å². The average molecular weight is 292 g/mol. The zero-order chi connectivity index (χ0) is 15.2. The van der Waals surface area contributed by atoms with Gasteiger partial charge in [0.15, 0.2) is 0 Å². The second-order valence-electron chi connectivity index (χ2n) is 5.92. The maximum atomic E-state index is 6.40. The lowest BCUT2D eigenvalue weighted by Gasteiger charge is -2.22. The van der Waals surface area contributed by atoms with Crippen LogP contribution in [0.25, 0.3) is 0 Å². The maximum Gasteiger partial charge on any atom is 0.127 e. The number of benzene rings is 1. The molecular formula is C17H28N2O2. The number of rotatable bonds is 7. The van der Waals surface area contributed by atoms with Crippen LogP contribution in [0, 0.1) is 5.92 Å². The molecule has 0 radical (unpaired) electrons. The van der Waals surface area contributed by atoms with Gasteiger partial charge in [0.2, 0.25) is 0 Å². The fraction of sp³-hybridized carbons (Fsp3) is 0.647. The largest absolute Gasteiger partial charge is 0.497 e. The van der Waals surface area contributed by atoms with Gasteiger partial charge in [0.1, 0.15) is 11.5 Å². The third-order valence-corrected chi connectivity index (χ3v) is 4.36. The summed E-state index contributed by atoms with van der Waals surface area (Å²) in [5.74, 6) is 2.46. The van der Waals surface area contributed by atoms with E-state index < -0.39 is 0 Å². The summed E-state index contributed by atoms with van der Waals surface area (Å²) in [6.07, 6.45) is 3.91. The van der Waals surface area contributed by atoms with E-state index in [1.54, 1.807) is 14.2 Å². The third-order valence-electron chi connectivity index (χ3n) is 4.36. The minimum Gasteiger partial charge on any atom is -0.497 e. The van der Waals surface area contributed by atoms with Crippen LogP contribution in [0.1, 0.15) is 37.8 Å². The van der Waals surface area contributed by atoms with Crippen molar-refractivity contribution in [2.24, 2.45) is 11.7 Å². The van der Waals surface area contributed by atoms with E-state index in [2.05, 4.69) is 11.8 Å². The van der Waals surface area contributed by atoms with Gasteiger partial charge < -0.3 is 20.1 Å². The molecular weight excluding hydrogens is 264 g/mol. The summed E-state index contributed by atoms with van der Waals surface area (Å²) in [7, 11) is 3.34. The van der Waals surface area contributed by atoms with E-state index in [0.29, 0.717) is 0 Å². The van der Waals surface area contributed by atoms with Crippen molar-refractivity contribution in [3.8, 4) is 11.5 Å². The first kappa shape index (κ1) is 16.1. The minimum absolute atomic E-state index is 0.0220. The number of hydrogen-bond donors (Lipinski definition) is 1. The number of nitrogens with two attached hydrogens (primary N) is 1. The van der Waals surface area contributed by atoms with Gasteiger partial charge in [-0.3, -0.25) is 0 Å². The van der Waals surface area contributed by atoms with Crippen molar-refractivity contribution in [1.82, 2.24) is 4.90 Å². The quantitative estimate of drug-likeness (QED) is 0.839. The molecule has 21 heavy (non-hydrogen) atoms. The van der Waals surface area contributed by atoms with Gasteiger partial charge in [-0.25, -0.2) is 0 Å². The van der Waals surface area contributed by atoms with Crippen molar-refractivity contribution >= 4 is 0 Å². The van der Waals surface area contributed by atoms with Crippen LogP contribution in [-0.2, 0) is 0 Å². The topological polar surface area (TPSA) is 47.7 Å². The molecule has 1 aromatic rings. The van der Waals surface area contributed by atoms with Gasteiger partial charge in [-0.05, 0) is 31.4 Å². The fourth-order valence-electron chi connectivity index (χ4n) is 3.22. The molecule has 0 aromatic heterocycles. The molecule has 0 spiro atoms. The second kappa shape index (κ2) is 7.66. The van der Waals surface area contributed by atoms with E-state index in [0.717, 1.165) is 36.1 Å². The van der Waals surface area contributed by atoms with Gasteiger partial charge >= 0.3 is 0 Å². The Morgan fingerprint density at radius 2 is 2.14 bits per heavy atom. The van der Waals surface area contributed by atoms with Crippen LogP contribution < -0.4 is 15.2 Å². The first-order valence-electron chi connectivity index (χ1n) is 7.87. The van der Waals surface area contributed by atoms with Crippen molar-refractivity contribution < 1.29 is 9.47 Å². The summed E-state index contributed by atoms with van der Waals surface area (Å²) in [5, 5.41) is 0. The Labute approximate surface area is 128 Å². The maximum absolute atomic E-state index is 6.40. The van der Waals surface area contributed by atoms with E-state index in [1.165, 1.54) is 25.8 Å². The van der Waals surface area contributed by atoms with Gasteiger partial charge in [0.05, 0.1) is 14.2 Å². The number of nitrogens with zero attached hydrogens (tertiary/aromatic N) is 1. The summed E-state index contributed by atoms with van der Waals surface area (Å²) in [5.41, 5.74) is 7.45. The molecule has 0 bridgehead atoms. The van der Waals surface area contributed by atoms with E-state index >= 15 is 0 Å². The van der Waals surface area contributed by atoms with Crippen molar-refractivity contribution in [1.29, 1.82) is 0 Å². The Morgan fingerprint density at radius 1 is 1.33 bits per heavy atom. The highest BCUT2D eigenvalue weighted by Gasteiger charge is 2.24. The molecule has 0 aliphatic carbocycles. The normalized spacial score (nSPS) is 20.5. The van der Waals surface area contributed by atoms with Crippen molar-refractivity contribution in [2.45, 2.75) is 32.2 Å². The molecule has 4 nitrogen and oxygen atoms in total. The summed E-state index contributed by atoms with van der Waals surface area (Å²) < 4.78 is 10.7. The molecule has 0 amide bonds. The first-order valence-corrected chi connectivity index (χ1v) is 7.87. The number of hydrogen-bond acceptors (Lipinski definition) is 4. The Bertz CT molecular complexity index is 450. The molecule has 1 saturated heterocycles. The zero-order valence-corrected chi connectivity index (χ0v) is 13.5. The molecule has 1 fully saturated rings. The van der Waals surface area contributed by atoms with Gasteiger partial charge in [-0.15, -0.1) is 0 Å². The first-order chi connectivity index (χ1) is 10.2. The second-order valence-corrected chi connectivity index (χ2v) is 5.92. The Hall–Kier alpha value is -1.26. The van der Waals surface area contributed by atoms with E-state index in [1.807, 2.05) is 18.2 Å². The molecule has 4 heteroatoms. The molecule has 0 saturated carbocycles. The lowest BCUT2D eigenvalue weighted by molar-refractivity contribution is 0.296. The van der Waals surface area contributed by atoms with Crippen LogP contribution in [-0.4, -0.2) is 38.8 Å². The van der Waals surface area contributed by atoms with Crippen LogP contribution in [0.2, 0.25) is 0 Å². The average Bonchev–Trinajstić information content (AvgIpc) is 2.94. The van der Waals surface area contributed by atoms with Crippen molar-refractivity contribution in [2.75, 3.05) is 33.9 Å². The van der Waals surface area contributed by atoms with E-state index in [-0.39, 0.29) is 6.04 Å². The number of methoxy groups -OCH3 is 2. The Balaban J connectivity index is 1.98.